The Bertz CT molecular complexity index is 1220. The number of aromatic nitrogens is 3. The Morgan fingerprint density at radius 2 is 1.68 bits per heavy atom. The van der Waals surface area contributed by atoms with Crippen LogP contribution in [0.2, 0.25) is 0 Å². The van der Waals surface area contributed by atoms with Gasteiger partial charge in [-0.3, -0.25) is 9.36 Å². The largest absolute Gasteiger partial charge is 0.486 e. The SMILES string of the molecule is CCc1ccc(OCc2nnc(SCC(=O)Nc3ccccc3C)n2Cc2ccccc2)cc1. The van der Waals surface area contributed by atoms with Crippen molar-refractivity contribution in [3.05, 3.63) is 101 Å². The van der Waals surface area contributed by atoms with Crippen molar-refractivity contribution in [1.29, 1.82) is 0 Å². The normalized spacial score (nSPS) is 10.8. The molecule has 0 atom stereocenters. The third-order valence-electron chi connectivity index (χ3n) is 5.43. The van der Waals surface area contributed by atoms with Crippen LogP contribution in [0.1, 0.15) is 29.4 Å². The van der Waals surface area contributed by atoms with E-state index < -0.39 is 0 Å². The van der Waals surface area contributed by atoms with Gasteiger partial charge >= 0.3 is 0 Å². The lowest BCUT2D eigenvalue weighted by molar-refractivity contribution is -0.113. The monoisotopic (exact) mass is 472 g/mol. The van der Waals surface area contributed by atoms with Crippen LogP contribution >= 0.6 is 11.8 Å². The first-order chi connectivity index (χ1) is 16.6. The van der Waals surface area contributed by atoms with Gasteiger partial charge < -0.3 is 10.1 Å². The number of ether oxygens (including phenoxy) is 1. The van der Waals surface area contributed by atoms with E-state index in [1.54, 1.807) is 0 Å². The fourth-order valence-electron chi connectivity index (χ4n) is 3.46. The van der Waals surface area contributed by atoms with Gasteiger partial charge in [0, 0.05) is 5.69 Å². The molecule has 3 aromatic carbocycles. The van der Waals surface area contributed by atoms with Gasteiger partial charge in [0.15, 0.2) is 11.0 Å². The Morgan fingerprint density at radius 3 is 2.41 bits per heavy atom. The molecule has 7 heteroatoms. The van der Waals surface area contributed by atoms with Gasteiger partial charge in [0.2, 0.25) is 5.91 Å². The van der Waals surface area contributed by atoms with Crippen molar-refractivity contribution in [2.24, 2.45) is 0 Å². The van der Waals surface area contributed by atoms with Crippen LogP contribution in [0.5, 0.6) is 5.75 Å². The van der Waals surface area contributed by atoms with E-state index in [2.05, 4.69) is 46.7 Å². The zero-order valence-electron chi connectivity index (χ0n) is 19.4. The molecule has 1 heterocycles. The second-order valence-corrected chi connectivity index (χ2v) is 8.85. The van der Waals surface area contributed by atoms with Crippen LogP contribution in [-0.2, 0) is 24.4 Å². The molecule has 0 saturated carbocycles. The second-order valence-electron chi connectivity index (χ2n) is 7.91. The molecule has 0 fully saturated rings. The molecule has 34 heavy (non-hydrogen) atoms. The third kappa shape index (κ3) is 6.26. The number of hydrogen-bond acceptors (Lipinski definition) is 5. The lowest BCUT2D eigenvalue weighted by Crippen LogP contribution is -2.16. The Hall–Kier alpha value is -3.58. The summed E-state index contributed by atoms with van der Waals surface area (Å²) in [7, 11) is 0. The number of para-hydroxylation sites is 1. The van der Waals surface area contributed by atoms with Crippen LogP contribution < -0.4 is 10.1 Å². The van der Waals surface area contributed by atoms with Gasteiger partial charge in [0.1, 0.15) is 12.4 Å². The van der Waals surface area contributed by atoms with E-state index in [-0.39, 0.29) is 11.7 Å². The van der Waals surface area contributed by atoms with E-state index in [1.165, 1.54) is 17.3 Å². The molecule has 0 unspecified atom stereocenters. The van der Waals surface area contributed by atoms with Gasteiger partial charge in [-0.15, -0.1) is 10.2 Å². The van der Waals surface area contributed by atoms with Gasteiger partial charge in [-0.2, -0.15) is 0 Å². The molecule has 0 radical (unpaired) electrons. The van der Waals surface area contributed by atoms with E-state index in [4.69, 9.17) is 4.74 Å². The molecule has 4 aromatic rings. The Kier molecular flexibility index (Phi) is 7.99. The lowest BCUT2D eigenvalue weighted by atomic mass is 10.2. The molecule has 0 bridgehead atoms. The summed E-state index contributed by atoms with van der Waals surface area (Å²) in [6.07, 6.45) is 0.990. The van der Waals surface area contributed by atoms with Crippen molar-refractivity contribution in [2.45, 2.75) is 38.6 Å². The fourth-order valence-corrected chi connectivity index (χ4v) is 4.21. The predicted molar refractivity (Wildman–Crippen MR) is 136 cm³/mol. The first-order valence-electron chi connectivity index (χ1n) is 11.3. The number of benzene rings is 3. The van der Waals surface area contributed by atoms with Crippen LogP contribution in [-0.4, -0.2) is 26.4 Å². The molecule has 1 amide bonds. The highest BCUT2D eigenvalue weighted by molar-refractivity contribution is 7.99. The molecule has 0 aliphatic heterocycles. The first-order valence-corrected chi connectivity index (χ1v) is 12.3. The fraction of sp³-hybridized carbons (Fsp3) is 0.222. The molecular formula is C27H28N4O2S. The minimum absolute atomic E-state index is 0.0811. The smallest absolute Gasteiger partial charge is 0.234 e. The molecule has 0 saturated heterocycles. The minimum atomic E-state index is -0.0811. The summed E-state index contributed by atoms with van der Waals surface area (Å²) >= 11 is 1.37. The number of rotatable bonds is 10. The highest BCUT2D eigenvalue weighted by Crippen LogP contribution is 2.22. The van der Waals surface area contributed by atoms with E-state index in [0.29, 0.717) is 24.1 Å². The van der Waals surface area contributed by atoms with Crippen LogP contribution in [0.4, 0.5) is 5.69 Å². The molecule has 6 nitrogen and oxygen atoms in total. The second kappa shape index (κ2) is 11.5. The molecule has 1 aromatic heterocycles. The molecule has 4 rings (SSSR count). The molecule has 1 N–H and O–H groups in total. The van der Waals surface area contributed by atoms with Crippen molar-refractivity contribution in [1.82, 2.24) is 14.8 Å². The number of nitrogens with zero attached hydrogens (tertiary/aromatic N) is 3. The average molecular weight is 473 g/mol. The topological polar surface area (TPSA) is 69.0 Å². The predicted octanol–water partition coefficient (Wildman–Crippen LogP) is 5.51. The molecular weight excluding hydrogens is 444 g/mol. The van der Waals surface area contributed by atoms with Gasteiger partial charge in [0.05, 0.1) is 12.3 Å². The zero-order chi connectivity index (χ0) is 23.8. The third-order valence-corrected chi connectivity index (χ3v) is 6.39. The zero-order valence-corrected chi connectivity index (χ0v) is 20.2. The molecule has 0 spiro atoms. The summed E-state index contributed by atoms with van der Waals surface area (Å²) < 4.78 is 8.00. The van der Waals surface area contributed by atoms with E-state index in [9.17, 15) is 4.79 Å². The van der Waals surface area contributed by atoms with Crippen molar-refractivity contribution >= 4 is 23.4 Å². The summed E-state index contributed by atoms with van der Waals surface area (Å²) in [5, 5.41) is 12.4. The van der Waals surface area contributed by atoms with Crippen LogP contribution in [0.3, 0.4) is 0 Å². The maximum Gasteiger partial charge on any atom is 0.234 e. The highest BCUT2D eigenvalue weighted by atomic mass is 32.2. The van der Waals surface area contributed by atoms with Gasteiger partial charge in [-0.05, 0) is 48.2 Å². The van der Waals surface area contributed by atoms with Crippen molar-refractivity contribution < 1.29 is 9.53 Å². The number of hydrogen-bond donors (Lipinski definition) is 1. The standard InChI is InChI=1S/C27H28N4O2S/c1-3-21-13-15-23(16-14-21)33-18-25-29-30-27(31(25)17-22-10-5-4-6-11-22)34-19-26(32)28-24-12-8-7-9-20(24)2/h4-16H,3,17-19H2,1-2H3,(H,28,32). The number of carbonyl (C=O) groups excluding carboxylic acids is 1. The van der Waals surface area contributed by atoms with Crippen molar-refractivity contribution in [3.8, 4) is 5.75 Å². The Morgan fingerprint density at radius 1 is 0.941 bits per heavy atom. The Balaban J connectivity index is 1.46. The van der Waals surface area contributed by atoms with E-state index in [1.807, 2.05) is 66.1 Å². The average Bonchev–Trinajstić information content (AvgIpc) is 3.25. The Labute approximate surface area is 204 Å². The number of thioether (sulfide) groups is 1. The summed E-state index contributed by atoms with van der Waals surface area (Å²) in [5.41, 5.74) is 4.24. The highest BCUT2D eigenvalue weighted by Gasteiger charge is 2.16. The number of carbonyl (C=O) groups is 1. The van der Waals surface area contributed by atoms with Gasteiger partial charge in [-0.1, -0.05) is 79.3 Å². The van der Waals surface area contributed by atoms with Gasteiger partial charge in [0.25, 0.3) is 0 Å². The maximum absolute atomic E-state index is 12.6. The van der Waals surface area contributed by atoms with Crippen molar-refractivity contribution in [3.63, 3.8) is 0 Å². The summed E-state index contributed by atoms with van der Waals surface area (Å²) in [4.78, 5) is 12.6. The quantitative estimate of drug-likeness (QED) is 0.308. The summed E-state index contributed by atoms with van der Waals surface area (Å²) in [6, 6.07) is 26.0. The van der Waals surface area contributed by atoms with Gasteiger partial charge in [-0.25, -0.2) is 0 Å². The summed E-state index contributed by atoms with van der Waals surface area (Å²) in [5.74, 6) is 1.66. The lowest BCUT2D eigenvalue weighted by Gasteiger charge is -2.12. The van der Waals surface area contributed by atoms with Crippen molar-refractivity contribution in [2.75, 3.05) is 11.1 Å². The van der Waals surface area contributed by atoms with Crippen LogP contribution in [0.25, 0.3) is 0 Å². The maximum atomic E-state index is 12.6. The number of anilines is 1. The van der Waals surface area contributed by atoms with E-state index in [0.717, 1.165) is 29.0 Å². The van der Waals surface area contributed by atoms with Crippen LogP contribution in [0, 0.1) is 6.92 Å². The van der Waals surface area contributed by atoms with Crippen LogP contribution in [0.15, 0.2) is 84.0 Å². The number of aryl methyl sites for hydroxylation is 2. The molecule has 174 valence electrons. The number of amides is 1. The minimum Gasteiger partial charge on any atom is -0.486 e. The first kappa shape index (κ1) is 23.6. The number of nitrogens with one attached hydrogen (secondary N) is 1. The van der Waals surface area contributed by atoms with E-state index >= 15 is 0 Å². The molecule has 0 aliphatic carbocycles. The molecule has 0 aliphatic rings. The summed E-state index contributed by atoms with van der Waals surface area (Å²) in [6.45, 7) is 4.99.